The fraction of sp³-hybridized carbons (Fsp3) is 0.227. The van der Waals surface area contributed by atoms with Crippen LogP contribution in [0.4, 0.5) is 11.8 Å². The molecule has 0 aliphatic rings. The zero-order valence-corrected chi connectivity index (χ0v) is 16.6. The van der Waals surface area contributed by atoms with Gasteiger partial charge in [-0.25, -0.2) is 4.98 Å². The number of para-hydroxylation sites is 1. The molecule has 0 unspecified atom stereocenters. The van der Waals surface area contributed by atoms with Gasteiger partial charge in [-0.2, -0.15) is 9.97 Å². The van der Waals surface area contributed by atoms with Crippen LogP contribution in [-0.2, 0) is 6.42 Å². The maximum Gasteiger partial charge on any atom is 0.226 e. The highest BCUT2D eigenvalue weighted by Crippen LogP contribution is 2.23. The lowest BCUT2D eigenvalue weighted by molar-refractivity contribution is 0.414. The first-order chi connectivity index (χ1) is 14.3. The lowest BCUT2D eigenvalue weighted by Gasteiger charge is -2.10. The summed E-state index contributed by atoms with van der Waals surface area (Å²) in [5.74, 6) is 2.18. The second-order valence-electron chi connectivity index (χ2n) is 6.57. The number of fused-ring (bicyclic) bond motifs is 1. The molecule has 0 saturated carbocycles. The molecule has 0 spiro atoms. The minimum atomic E-state index is 0.588. The van der Waals surface area contributed by atoms with Crippen molar-refractivity contribution in [3.05, 3.63) is 66.5 Å². The van der Waals surface area contributed by atoms with E-state index in [0.717, 1.165) is 47.9 Å². The smallest absolute Gasteiger partial charge is 0.226 e. The molecule has 29 heavy (non-hydrogen) atoms. The van der Waals surface area contributed by atoms with Crippen molar-refractivity contribution in [3.63, 3.8) is 0 Å². The number of rotatable bonds is 8. The standard InChI is InChI=1S/C22H24N6O/c1-3-23-22-26-20(24-14-13-16-9-11-18(29-2)12-10-16)19-21(27-22)28(15-25-19)17-7-5-4-6-8-17/h4-12,15H,3,13-14H2,1-2H3,(H2,23,24,26,27). The second kappa shape index (κ2) is 8.60. The van der Waals surface area contributed by atoms with Gasteiger partial charge in [0.2, 0.25) is 5.95 Å². The Labute approximate surface area is 169 Å². The summed E-state index contributed by atoms with van der Waals surface area (Å²) in [5, 5.41) is 6.64. The van der Waals surface area contributed by atoms with E-state index in [4.69, 9.17) is 4.74 Å². The molecule has 0 atom stereocenters. The third kappa shape index (κ3) is 4.13. The van der Waals surface area contributed by atoms with Crippen molar-refractivity contribution in [2.75, 3.05) is 30.8 Å². The number of hydrogen-bond donors (Lipinski definition) is 2. The summed E-state index contributed by atoms with van der Waals surface area (Å²) < 4.78 is 7.19. The number of nitrogens with one attached hydrogen (secondary N) is 2. The van der Waals surface area contributed by atoms with Crippen LogP contribution in [0.1, 0.15) is 12.5 Å². The maximum absolute atomic E-state index is 5.22. The quantitative estimate of drug-likeness (QED) is 0.477. The topological polar surface area (TPSA) is 76.9 Å². The van der Waals surface area contributed by atoms with Crippen molar-refractivity contribution < 1.29 is 4.74 Å². The lowest BCUT2D eigenvalue weighted by Crippen LogP contribution is -2.10. The van der Waals surface area contributed by atoms with Crippen LogP contribution in [0.5, 0.6) is 5.75 Å². The monoisotopic (exact) mass is 388 g/mol. The zero-order chi connectivity index (χ0) is 20.1. The highest BCUT2D eigenvalue weighted by Gasteiger charge is 2.14. The molecule has 0 radical (unpaired) electrons. The van der Waals surface area contributed by atoms with Gasteiger partial charge in [-0.15, -0.1) is 0 Å². The molecule has 7 heteroatoms. The van der Waals surface area contributed by atoms with Crippen LogP contribution in [0.2, 0.25) is 0 Å². The first-order valence-electron chi connectivity index (χ1n) is 9.69. The summed E-state index contributed by atoms with van der Waals surface area (Å²) >= 11 is 0. The predicted molar refractivity (Wildman–Crippen MR) is 116 cm³/mol. The van der Waals surface area contributed by atoms with E-state index in [1.165, 1.54) is 5.56 Å². The molecule has 0 saturated heterocycles. The second-order valence-corrected chi connectivity index (χ2v) is 6.57. The van der Waals surface area contributed by atoms with E-state index in [-0.39, 0.29) is 0 Å². The van der Waals surface area contributed by atoms with E-state index in [0.29, 0.717) is 5.95 Å². The van der Waals surface area contributed by atoms with Gasteiger partial charge in [0, 0.05) is 18.8 Å². The Morgan fingerprint density at radius 2 is 1.76 bits per heavy atom. The number of nitrogens with zero attached hydrogens (tertiary/aromatic N) is 4. The first-order valence-corrected chi connectivity index (χ1v) is 9.69. The summed E-state index contributed by atoms with van der Waals surface area (Å²) in [5.41, 5.74) is 3.77. The molecule has 0 bridgehead atoms. The number of ether oxygens (including phenoxy) is 1. The number of aromatic nitrogens is 4. The van der Waals surface area contributed by atoms with Gasteiger partial charge in [0.25, 0.3) is 0 Å². The van der Waals surface area contributed by atoms with Crippen LogP contribution in [0.25, 0.3) is 16.9 Å². The van der Waals surface area contributed by atoms with Crippen molar-refractivity contribution in [2.45, 2.75) is 13.3 Å². The highest BCUT2D eigenvalue weighted by molar-refractivity contribution is 5.85. The molecule has 2 aromatic carbocycles. The summed E-state index contributed by atoms with van der Waals surface area (Å²) in [6.07, 6.45) is 2.66. The Kier molecular flexibility index (Phi) is 5.56. The summed E-state index contributed by atoms with van der Waals surface area (Å²) in [4.78, 5) is 13.9. The molecule has 2 N–H and O–H groups in total. The van der Waals surface area contributed by atoms with Gasteiger partial charge in [-0.3, -0.25) is 4.57 Å². The molecule has 0 aliphatic heterocycles. The molecular weight excluding hydrogens is 364 g/mol. The minimum absolute atomic E-state index is 0.588. The van der Waals surface area contributed by atoms with Crippen molar-refractivity contribution in [2.24, 2.45) is 0 Å². The van der Waals surface area contributed by atoms with E-state index >= 15 is 0 Å². The van der Waals surface area contributed by atoms with Crippen LogP contribution >= 0.6 is 0 Å². The van der Waals surface area contributed by atoms with Crippen LogP contribution in [0, 0.1) is 0 Å². The molecule has 0 aliphatic carbocycles. The molecule has 2 heterocycles. The number of methoxy groups -OCH3 is 1. The summed E-state index contributed by atoms with van der Waals surface area (Å²) in [6.45, 7) is 3.51. The van der Waals surface area contributed by atoms with Crippen molar-refractivity contribution in [3.8, 4) is 11.4 Å². The van der Waals surface area contributed by atoms with Crippen LogP contribution < -0.4 is 15.4 Å². The third-order valence-corrected chi connectivity index (χ3v) is 4.63. The van der Waals surface area contributed by atoms with Gasteiger partial charge < -0.3 is 15.4 Å². The fourth-order valence-corrected chi connectivity index (χ4v) is 3.16. The Morgan fingerprint density at radius 3 is 2.48 bits per heavy atom. The van der Waals surface area contributed by atoms with E-state index in [1.807, 2.05) is 54.0 Å². The molecular formula is C22H24N6O. The van der Waals surface area contributed by atoms with Gasteiger partial charge in [0.05, 0.1) is 7.11 Å². The number of hydrogen-bond acceptors (Lipinski definition) is 6. The third-order valence-electron chi connectivity index (χ3n) is 4.63. The maximum atomic E-state index is 5.22. The minimum Gasteiger partial charge on any atom is -0.497 e. The molecule has 0 amide bonds. The first kappa shape index (κ1) is 18.7. The number of imidazole rings is 1. The zero-order valence-electron chi connectivity index (χ0n) is 16.6. The predicted octanol–water partition coefficient (Wildman–Crippen LogP) is 3.91. The summed E-state index contributed by atoms with van der Waals surface area (Å²) in [7, 11) is 1.67. The fourth-order valence-electron chi connectivity index (χ4n) is 3.16. The average molecular weight is 388 g/mol. The molecule has 4 rings (SSSR count). The highest BCUT2D eigenvalue weighted by atomic mass is 16.5. The van der Waals surface area contributed by atoms with Crippen molar-refractivity contribution in [1.82, 2.24) is 19.5 Å². The van der Waals surface area contributed by atoms with Crippen molar-refractivity contribution >= 4 is 22.9 Å². The van der Waals surface area contributed by atoms with Gasteiger partial charge in [-0.05, 0) is 43.2 Å². The van der Waals surface area contributed by atoms with E-state index in [2.05, 4.69) is 37.7 Å². The van der Waals surface area contributed by atoms with Crippen LogP contribution in [0.3, 0.4) is 0 Å². The van der Waals surface area contributed by atoms with E-state index in [1.54, 1.807) is 13.4 Å². The Balaban J connectivity index is 1.59. The largest absolute Gasteiger partial charge is 0.497 e. The van der Waals surface area contributed by atoms with E-state index < -0.39 is 0 Å². The lowest BCUT2D eigenvalue weighted by atomic mass is 10.1. The number of anilines is 2. The number of benzene rings is 2. The SMILES string of the molecule is CCNc1nc(NCCc2ccc(OC)cc2)c2ncn(-c3ccccc3)c2n1. The van der Waals surface area contributed by atoms with Gasteiger partial charge >= 0.3 is 0 Å². The summed E-state index contributed by atoms with van der Waals surface area (Å²) in [6, 6.07) is 18.2. The van der Waals surface area contributed by atoms with Crippen LogP contribution in [0.15, 0.2) is 60.9 Å². The van der Waals surface area contributed by atoms with Gasteiger partial charge in [0.15, 0.2) is 17.0 Å². The Hall–Kier alpha value is -3.61. The van der Waals surface area contributed by atoms with Gasteiger partial charge in [-0.1, -0.05) is 30.3 Å². The molecule has 0 fully saturated rings. The molecule has 2 aromatic heterocycles. The Bertz CT molecular complexity index is 1080. The van der Waals surface area contributed by atoms with Crippen LogP contribution in [-0.4, -0.2) is 39.7 Å². The van der Waals surface area contributed by atoms with E-state index in [9.17, 15) is 0 Å². The Morgan fingerprint density at radius 1 is 0.966 bits per heavy atom. The molecule has 7 nitrogen and oxygen atoms in total. The van der Waals surface area contributed by atoms with Crippen molar-refractivity contribution in [1.29, 1.82) is 0 Å². The molecule has 4 aromatic rings. The molecule has 148 valence electrons. The average Bonchev–Trinajstić information content (AvgIpc) is 3.19. The van der Waals surface area contributed by atoms with Gasteiger partial charge in [0.1, 0.15) is 12.1 Å². The normalized spacial score (nSPS) is 10.8.